The number of halogens is 5. The van der Waals surface area contributed by atoms with Crippen LogP contribution in [-0.4, -0.2) is 34.3 Å². The summed E-state index contributed by atoms with van der Waals surface area (Å²) in [5.41, 5.74) is 0.993. The van der Waals surface area contributed by atoms with Crippen molar-refractivity contribution in [2.45, 2.75) is 30.9 Å². The van der Waals surface area contributed by atoms with E-state index >= 15 is 0 Å². The zero-order valence-corrected chi connectivity index (χ0v) is 17.8. The molecule has 2 aromatic carbocycles. The van der Waals surface area contributed by atoms with E-state index in [1.165, 1.54) is 38.5 Å². The van der Waals surface area contributed by atoms with E-state index in [1.54, 1.807) is 6.07 Å². The molecule has 1 aliphatic carbocycles. The molecule has 0 amide bonds. The van der Waals surface area contributed by atoms with Crippen molar-refractivity contribution in [3.8, 4) is 11.5 Å². The zero-order chi connectivity index (χ0) is 23.7. The van der Waals surface area contributed by atoms with Gasteiger partial charge in [0, 0.05) is 11.1 Å². The van der Waals surface area contributed by atoms with Crippen molar-refractivity contribution in [3.63, 3.8) is 0 Å². The highest BCUT2D eigenvalue weighted by Gasteiger charge is 2.57. The second-order valence-electron chi connectivity index (χ2n) is 6.93. The summed E-state index contributed by atoms with van der Waals surface area (Å²) in [4.78, 5) is 0. The topological polar surface area (TPSA) is 61.8 Å². The average molecular weight is 478 g/mol. The summed E-state index contributed by atoms with van der Waals surface area (Å²) < 4.78 is 106. The first-order chi connectivity index (χ1) is 15.0. The molecule has 0 fully saturated rings. The normalized spacial score (nSPS) is 14.8. The molecule has 174 valence electrons. The number of methoxy groups -OCH3 is 2. The third-order valence-electron chi connectivity index (χ3n) is 4.98. The van der Waals surface area contributed by atoms with Gasteiger partial charge in [-0.15, -0.1) is 0 Å². The van der Waals surface area contributed by atoms with Crippen LogP contribution < -0.4 is 9.47 Å². The highest BCUT2D eigenvalue weighted by molar-refractivity contribution is 7.88. The number of rotatable bonds is 7. The highest BCUT2D eigenvalue weighted by atomic mass is 32.2. The van der Waals surface area contributed by atoms with Crippen LogP contribution in [0.1, 0.15) is 29.5 Å². The van der Waals surface area contributed by atoms with Crippen molar-refractivity contribution < 1.29 is 44.0 Å². The van der Waals surface area contributed by atoms with Crippen LogP contribution in [0.15, 0.2) is 36.4 Å². The van der Waals surface area contributed by atoms with Crippen LogP contribution in [0.25, 0.3) is 11.3 Å². The predicted octanol–water partition coefficient (Wildman–Crippen LogP) is 5.25. The molecule has 0 aromatic heterocycles. The molecule has 0 radical (unpaired) electrons. The van der Waals surface area contributed by atoms with Gasteiger partial charge in [0.2, 0.25) is 0 Å². The fraction of sp³-hybridized carbons (Fsp3) is 0.333. The molecular weight excluding hydrogens is 459 g/mol. The lowest BCUT2D eigenvalue weighted by Crippen LogP contribution is -2.37. The number of hydrogen-bond donors (Lipinski definition) is 0. The number of ether oxygens (including phenoxy) is 2. The Kier molecular flexibility index (Phi) is 6.68. The third kappa shape index (κ3) is 4.38. The van der Waals surface area contributed by atoms with Gasteiger partial charge in [-0.25, -0.2) is 13.2 Å². The molecule has 5 nitrogen and oxygen atoms in total. The molecule has 0 bridgehead atoms. The number of benzene rings is 2. The Morgan fingerprint density at radius 3 is 2.34 bits per heavy atom. The lowest BCUT2D eigenvalue weighted by atomic mass is 9.98. The summed E-state index contributed by atoms with van der Waals surface area (Å²) in [6.45, 7) is 0. The van der Waals surface area contributed by atoms with Gasteiger partial charge < -0.3 is 13.7 Å². The molecule has 3 rings (SSSR count). The van der Waals surface area contributed by atoms with Crippen molar-refractivity contribution in [1.29, 1.82) is 0 Å². The molecule has 0 spiro atoms. The summed E-state index contributed by atoms with van der Waals surface area (Å²) >= 11 is 0. The molecule has 1 aliphatic rings. The summed E-state index contributed by atoms with van der Waals surface area (Å²) in [7, 11) is -3.45. The van der Waals surface area contributed by atoms with Gasteiger partial charge in [-0.2, -0.15) is 17.2 Å². The van der Waals surface area contributed by atoms with Crippen molar-refractivity contribution >= 4 is 21.5 Å². The second-order valence-corrected chi connectivity index (χ2v) is 8.55. The molecule has 0 saturated heterocycles. The molecule has 0 N–H and O–H groups in total. The van der Waals surface area contributed by atoms with Gasteiger partial charge in [-0.05, 0) is 60.7 Å². The van der Waals surface area contributed by atoms with Gasteiger partial charge in [0.15, 0.2) is 17.3 Å². The van der Waals surface area contributed by atoms with Gasteiger partial charge in [0.05, 0.1) is 14.2 Å². The minimum Gasteiger partial charge on any atom is -0.497 e. The highest BCUT2D eigenvalue weighted by Crippen LogP contribution is 2.42. The van der Waals surface area contributed by atoms with Crippen molar-refractivity contribution in [2.24, 2.45) is 0 Å². The van der Waals surface area contributed by atoms with Gasteiger partial charge in [-0.1, -0.05) is 6.07 Å². The molecule has 0 saturated carbocycles. The molecule has 32 heavy (non-hydrogen) atoms. The zero-order valence-electron chi connectivity index (χ0n) is 17.0. The Labute approximate surface area is 181 Å². The second kappa shape index (κ2) is 8.97. The van der Waals surface area contributed by atoms with Crippen LogP contribution >= 0.6 is 0 Å². The first-order valence-electron chi connectivity index (χ1n) is 9.36. The van der Waals surface area contributed by atoms with Crippen LogP contribution in [0, 0.1) is 5.82 Å². The summed E-state index contributed by atoms with van der Waals surface area (Å²) in [6.07, 6.45) is -3.53. The first kappa shape index (κ1) is 23.8. The SMILES string of the molecule is COc1ccc2c(c1)CCCC(c1ccc(F)c(OC)c1)=C2OS(=O)(=O)C(F)(F)C(F)F. The number of fused-ring (bicyclic) bond motifs is 1. The van der Waals surface area contributed by atoms with Crippen LogP contribution in [-0.2, 0) is 20.7 Å². The molecule has 11 heteroatoms. The van der Waals surface area contributed by atoms with E-state index in [-0.39, 0.29) is 28.9 Å². The Bertz CT molecular complexity index is 1150. The van der Waals surface area contributed by atoms with Crippen molar-refractivity contribution in [1.82, 2.24) is 0 Å². The van der Waals surface area contributed by atoms with E-state index in [4.69, 9.17) is 13.7 Å². The Balaban J connectivity index is 2.27. The molecule has 0 heterocycles. The van der Waals surface area contributed by atoms with Gasteiger partial charge in [0.1, 0.15) is 5.75 Å². The number of allylic oxidation sites excluding steroid dienone is 1. The maximum atomic E-state index is 13.9. The molecule has 0 atom stereocenters. The molecule has 2 aromatic rings. The van der Waals surface area contributed by atoms with E-state index in [2.05, 4.69) is 0 Å². The number of aryl methyl sites for hydroxylation is 1. The lowest BCUT2D eigenvalue weighted by Gasteiger charge is -2.21. The number of hydrogen-bond acceptors (Lipinski definition) is 5. The standard InChI is InChI=1S/C21H19F5O5S/c1-29-14-7-8-16-12(10-14)4-3-5-15(13-6-9-17(22)18(11-13)30-2)19(16)31-32(27,28)21(25,26)20(23)24/h6-11,20H,3-5H2,1-2H3. The van der Waals surface area contributed by atoms with Crippen molar-refractivity contribution in [2.75, 3.05) is 14.2 Å². The summed E-state index contributed by atoms with van der Waals surface area (Å²) in [5, 5.41) is -5.44. The summed E-state index contributed by atoms with van der Waals surface area (Å²) in [6, 6.07) is 8.02. The Morgan fingerprint density at radius 2 is 1.72 bits per heavy atom. The van der Waals surface area contributed by atoms with Gasteiger partial charge in [-0.3, -0.25) is 0 Å². The molecule has 0 unspecified atom stereocenters. The van der Waals surface area contributed by atoms with E-state index in [0.29, 0.717) is 24.2 Å². The molecule has 0 aliphatic heterocycles. The van der Waals surface area contributed by atoms with Gasteiger partial charge >= 0.3 is 21.8 Å². The maximum absolute atomic E-state index is 13.9. The Hall–Kier alpha value is -2.82. The molecular formula is C21H19F5O5S. The van der Waals surface area contributed by atoms with Crippen molar-refractivity contribution in [3.05, 3.63) is 58.9 Å². The quantitative estimate of drug-likeness (QED) is 0.402. The van der Waals surface area contributed by atoms with E-state index in [0.717, 1.165) is 6.07 Å². The minimum absolute atomic E-state index is 0.121. The minimum atomic E-state index is -6.08. The third-order valence-corrected chi connectivity index (χ3v) is 6.21. The van der Waals surface area contributed by atoms with Crippen LogP contribution in [0.5, 0.6) is 11.5 Å². The van der Waals surface area contributed by atoms with E-state index < -0.39 is 33.4 Å². The fourth-order valence-corrected chi connectivity index (χ4v) is 4.09. The van der Waals surface area contributed by atoms with E-state index in [1.807, 2.05) is 0 Å². The Morgan fingerprint density at radius 1 is 1.00 bits per heavy atom. The van der Waals surface area contributed by atoms with Crippen LogP contribution in [0.2, 0.25) is 0 Å². The first-order valence-corrected chi connectivity index (χ1v) is 10.8. The predicted molar refractivity (Wildman–Crippen MR) is 107 cm³/mol. The lowest BCUT2D eigenvalue weighted by molar-refractivity contribution is -0.0686. The monoisotopic (exact) mass is 478 g/mol. The van der Waals surface area contributed by atoms with Crippen LogP contribution in [0.3, 0.4) is 0 Å². The number of alkyl halides is 4. The maximum Gasteiger partial charge on any atom is 0.439 e. The van der Waals surface area contributed by atoms with Gasteiger partial charge in [0.25, 0.3) is 0 Å². The fourth-order valence-electron chi connectivity index (χ4n) is 3.35. The average Bonchev–Trinajstić information content (AvgIpc) is 2.92. The summed E-state index contributed by atoms with van der Waals surface area (Å²) in [5.74, 6) is -0.978. The smallest absolute Gasteiger partial charge is 0.439 e. The van der Waals surface area contributed by atoms with E-state index in [9.17, 15) is 30.4 Å². The largest absolute Gasteiger partial charge is 0.497 e. The van der Waals surface area contributed by atoms with Crippen LogP contribution in [0.4, 0.5) is 22.0 Å².